The third kappa shape index (κ3) is 5.32. The fourth-order valence-corrected chi connectivity index (χ4v) is 2.46. The van der Waals surface area contributed by atoms with Crippen molar-refractivity contribution >= 4 is 23.2 Å². The number of anilines is 2. The molecule has 0 aromatic heterocycles. The second-order valence-corrected chi connectivity index (χ2v) is 6.35. The largest absolute Gasteiger partial charge is 0.495 e. The first-order valence-corrected chi connectivity index (χ1v) is 8.53. The topological polar surface area (TPSA) is 71.9 Å². The summed E-state index contributed by atoms with van der Waals surface area (Å²) in [7, 11) is 3.38. The van der Waals surface area contributed by atoms with Crippen molar-refractivity contribution in [3.05, 3.63) is 54.1 Å². The average Bonchev–Trinajstić information content (AvgIpc) is 2.63. The predicted octanol–water partition coefficient (Wildman–Crippen LogP) is 1.48. The van der Waals surface area contributed by atoms with Gasteiger partial charge in [-0.3, -0.25) is 9.59 Å². The SMILES string of the molecule is COc1ccccc1NC(=O)[C@@H](C)[NH+](C)CC(=O)Nc1ccc(C)cc1. The number of nitrogens with one attached hydrogen (secondary N) is 3. The number of para-hydroxylation sites is 2. The van der Waals surface area contributed by atoms with E-state index in [0.717, 1.165) is 16.2 Å². The summed E-state index contributed by atoms with van der Waals surface area (Å²) in [6.07, 6.45) is 0. The zero-order valence-electron chi connectivity index (χ0n) is 15.6. The van der Waals surface area contributed by atoms with Crippen LogP contribution in [0, 0.1) is 6.92 Å². The Labute approximate surface area is 154 Å². The van der Waals surface area contributed by atoms with Gasteiger partial charge in [-0.1, -0.05) is 29.8 Å². The quantitative estimate of drug-likeness (QED) is 0.704. The normalized spacial score (nSPS) is 12.8. The maximum absolute atomic E-state index is 12.5. The summed E-state index contributed by atoms with van der Waals surface area (Å²) >= 11 is 0. The first-order chi connectivity index (χ1) is 12.4. The highest BCUT2D eigenvalue weighted by Gasteiger charge is 2.24. The van der Waals surface area contributed by atoms with Crippen LogP contribution in [0.4, 0.5) is 11.4 Å². The number of benzene rings is 2. The maximum atomic E-state index is 12.5. The van der Waals surface area contributed by atoms with Gasteiger partial charge >= 0.3 is 0 Å². The third-order valence-corrected chi connectivity index (χ3v) is 4.27. The third-order valence-electron chi connectivity index (χ3n) is 4.27. The lowest BCUT2D eigenvalue weighted by molar-refractivity contribution is -0.885. The highest BCUT2D eigenvalue weighted by atomic mass is 16.5. The molecule has 6 heteroatoms. The Morgan fingerprint density at radius 1 is 1.08 bits per heavy atom. The van der Waals surface area contributed by atoms with E-state index < -0.39 is 6.04 Å². The van der Waals surface area contributed by atoms with Crippen molar-refractivity contribution in [1.29, 1.82) is 0 Å². The number of carbonyl (C=O) groups excluding carboxylic acids is 2. The van der Waals surface area contributed by atoms with Gasteiger partial charge in [0.25, 0.3) is 11.8 Å². The number of hydrogen-bond acceptors (Lipinski definition) is 3. The van der Waals surface area contributed by atoms with E-state index in [2.05, 4.69) is 10.6 Å². The van der Waals surface area contributed by atoms with Crippen molar-refractivity contribution in [3.8, 4) is 5.75 Å². The molecule has 0 heterocycles. The van der Waals surface area contributed by atoms with Crippen LogP contribution >= 0.6 is 0 Å². The van der Waals surface area contributed by atoms with Crippen molar-refractivity contribution in [2.24, 2.45) is 0 Å². The summed E-state index contributed by atoms with van der Waals surface area (Å²) in [5, 5.41) is 5.71. The Kier molecular flexibility index (Phi) is 6.74. The molecular formula is C20H26N3O3+. The molecule has 2 rings (SSSR count). The zero-order chi connectivity index (χ0) is 19.1. The molecule has 0 bridgehead atoms. The summed E-state index contributed by atoms with van der Waals surface area (Å²) < 4.78 is 5.24. The Morgan fingerprint density at radius 2 is 1.73 bits per heavy atom. The van der Waals surface area contributed by atoms with Gasteiger partial charge in [-0.2, -0.15) is 0 Å². The van der Waals surface area contributed by atoms with Crippen LogP contribution in [-0.2, 0) is 9.59 Å². The molecule has 1 unspecified atom stereocenters. The van der Waals surface area contributed by atoms with Crippen LogP contribution in [0.5, 0.6) is 5.75 Å². The number of amides is 2. The number of methoxy groups -OCH3 is 1. The van der Waals surface area contributed by atoms with Crippen LogP contribution in [0.1, 0.15) is 12.5 Å². The van der Waals surface area contributed by atoms with Gasteiger partial charge < -0.3 is 20.3 Å². The predicted molar refractivity (Wildman–Crippen MR) is 103 cm³/mol. The lowest BCUT2D eigenvalue weighted by Gasteiger charge is -2.21. The highest BCUT2D eigenvalue weighted by molar-refractivity contribution is 5.95. The van der Waals surface area contributed by atoms with Gasteiger partial charge in [-0.05, 0) is 38.1 Å². The van der Waals surface area contributed by atoms with Gasteiger partial charge in [0.05, 0.1) is 19.8 Å². The van der Waals surface area contributed by atoms with Gasteiger partial charge in [0.15, 0.2) is 12.6 Å². The number of ether oxygens (including phenoxy) is 1. The molecule has 0 radical (unpaired) electrons. The lowest BCUT2D eigenvalue weighted by atomic mass is 10.2. The summed E-state index contributed by atoms with van der Waals surface area (Å²) in [4.78, 5) is 25.5. The molecule has 2 aromatic rings. The summed E-state index contributed by atoms with van der Waals surface area (Å²) in [5.74, 6) is 0.293. The summed E-state index contributed by atoms with van der Waals surface area (Å²) in [6.45, 7) is 3.97. The van der Waals surface area contributed by atoms with Crippen LogP contribution in [0.3, 0.4) is 0 Å². The molecule has 0 saturated carbocycles. The Hall–Kier alpha value is -2.86. The monoisotopic (exact) mass is 356 g/mol. The minimum absolute atomic E-state index is 0.136. The Balaban J connectivity index is 1.91. The number of aryl methyl sites for hydroxylation is 1. The highest BCUT2D eigenvalue weighted by Crippen LogP contribution is 2.22. The number of hydrogen-bond donors (Lipinski definition) is 3. The van der Waals surface area contributed by atoms with Gasteiger partial charge in [-0.25, -0.2) is 0 Å². The molecule has 0 aliphatic carbocycles. The number of carbonyl (C=O) groups is 2. The molecule has 0 saturated heterocycles. The second kappa shape index (κ2) is 9.01. The molecule has 0 aliphatic heterocycles. The van der Waals surface area contributed by atoms with E-state index in [0.29, 0.717) is 11.4 Å². The van der Waals surface area contributed by atoms with Crippen molar-refractivity contribution < 1.29 is 19.2 Å². The second-order valence-electron chi connectivity index (χ2n) is 6.35. The van der Waals surface area contributed by atoms with E-state index in [-0.39, 0.29) is 18.4 Å². The van der Waals surface area contributed by atoms with Crippen molar-refractivity contribution in [2.75, 3.05) is 31.3 Å². The summed E-state index contributed by atoms with van der Waals surface area (Å²) in [6, 6.07) is 14.4. The van der Waals surface area contributed by atoms with E-state index in [1.165, 1.54) is 0 Å². The fraction of sp³-hybridized carbons (Fsp3) is 0.300. The van der Waals surface area contributed by atoms with Gasteiger partial charge in [0.2, 0.25) is 0 Å². The molecule has 2 atom stereocenters. The van der Waals surface area contributed by atoms with E-state index >= 15 is 0 Å². The van der Waals surface area contributed by atoms with Crippen molar-refractivity contribution in [2.45, 2.75) is 19.9 Å². The zero-order valence-corrected chi connectivity index (χ0v) is 15.6. The van der Waals surface area contributed by atoms with Crippen molar-refractivity contribution in [3.63, 3.8) is 0 Å². The van der Waals surface area contributed by atoms with Crippen LogP contribution < -0.4 is 20.3 Å². The van der Waals surface area contributed by atoms with E-state index in [1.807, 2.05) is 50.4 Å². The van der Waals surface area contributed by atoms with Crippen molar-refractivity contribution in [1.82, 2.24) is 0 Å². The lowest BCUT2D eigenvalue weighted by Crippen LogP contribution is -3.14. The average molecular weight is 356 g/mol. The molecule has 0 aliphatic rings. The smallest absolute Gasteiger partial charge is 0.282 e. The van der Waals surface area contributed by atoms with Gasteiger partial charge in [0, 0.05) is 5.69 Å². The molecule has 2 amide bonds. The standard InChI is InChI=1S/C20H25N3O3/c1-14-9-11-16(12-10-14)21-19(24)13-23(3)15(2)20(25)22-17-7-5-6-8-18(17)26-4/h5-12,15H,13H2,1-4H3,(H,21,24)(H,22,25)/p+1/t15-/m1/s1. The van der Waals surface area contributed by atoms with Crippen LogP contribution in [0.15, 0.2) is 48.5 Å². The fourth-order valence-electron chi connectivity index (χ4n) is 2.46. The minimum Gasteiger partial charge on any atom is -0.495 e. The number of quaternary nitrogens is 1. The molecule has 6 nitrogen and oxygen atoms in total. The molecule has 3 N–H and O–H groups in total. The first-order valence-electron chi connectivity index (χ1n) is 8.53. The molecular weight excluding hydrogens is 330 g/mol. The van der Waals surface area contributed by atoms with E-state index in [9.17, 15) is 9.59 Å². The van der Waals surface area contributed by atoms with Crippen LogP contribution in [0.25, 0.3) is 0 Å². The summed E-state index contributed by atoms with van der Waals surface area (Å²) in [5.41, 5.74) is 2.50. The molecule has 0 fully saturated rings. The Bertz CT molecular complexity index is 759. The van der Waals surface area contributed by atoms with E-state index in [1.54, 1.807) is 26.2 Å². The number of rotatable bonds is 7. The molecule has 138 valence electrons. The number of likely N-dealkylation sites (N-methyl/N-ethyl adjacent to an activating group) is 1. The minimum atomic E-state index is -0.399. The molecule has 2 aromatic carbocycles. The van der Waals surface area contributed by atoms with Crippen LogP contribution in [-0.4, -0.2) is 38.6 Å². The van der Waals surface area contributed by atoms with Gasteiger partial charge in [-0.15, -0.1) is 0 Å². The Morgan fingerprint density at radius 3 is 2.38 bits per heavy atom. The van der Waals surface area contributed by atoms with Crippen LogP contribution in [0.2, 0.25) is 0 Å². The molecule has 0 spiro atoms. The maximum Gasteiger partial charge on any atom is 0.282 e. The van der Waals surface area contributed by atoms with E-state index in [4.69, 9.17) is 4.74 Å². The van der Waals surface area contributed by atoms with Gasteiger partial charge in [0.1, 0.15) is 5.75 Å². The molecule has 26 heavy (non-hydrogen) atoms. The first kappa shape index (κ1) is 19.5.